The second-order valence-corrected chi connectivity index (χ2v) is 4.23. The highest BCUT2D eigenvalue weighted by molar-refractivity contribution is 5.79. The van der Waals surface area contributed by atoms with Crippen molar-refractivity contribution in [3.63, 3.8) is 0 Å². The number of halogens is 1. The Morgan fingerprint density at radius 3 is 2.67 bits per heavy atom. The van der Waals surface area contributed by atoms with Gasteiger partial charge in [-0.25, -0.2) is 9.18 Å². The molecular weight excluding hydrogens is 241 g/mol. The van der Waals surface area contributed by atoms with Crippen LogP contribution in [0.15, 0.2) is 18.2 Å². The van der Waals surface area contributed by atoms with E-state index < -0.39 is 17.8 Å². The van der Waals surface area contributed by atoms with Crippen molar-refractivity contribution in [3.8, 4) is 5.75 Å². The third kappa shape index (κ3) is 2.27. The maximum Gasteiger partial charge on any atom is 0.331 e. The number of carbonyl (C=O) groups is 2. The molecule has 0 radical (unpaired) electrons. The molecule has 5 nitrogen and oxygen atoms in total. The summed E-state index contributed by atoms with van der Waals surface area (Å²) in [6.07, 6.45) is 1.87. The maximum absolute atomic E-state index is 13.1. The van der Waals surface area contributed by atoms with Crippen molar-refractivity contribution in [2.24, 2.45) is 0 Å². The minimum Gasteiger partial charge on any atom is -0.508 e. The van der Waals surface area contributed by atoms with E-state index in [1.807, 2.05) is 0 Å². The summed E-state index contributed by atoms with van der Waals surface area (Å²) in [6, 6.07) is 1.54. The number of hydrogen-bond acceptors (Lipinski definition) is 3. The zero-order valence-corrected chi connectivity index (χ0v) is 9.41. The van der Waals surface area contributed by atoms with Gasteiger partial charge in [0, 0.05) is 11.6 Å². The minimum absolute atomic E-state index is 0.110. The molecule has 0 spiro atoms. The molecule has 0 heterocycles. The maximum atomic E-state index is 13.1. The van der Waals surface area contributed by atoms with Crippen molar-refractivity contribution in [1.29, 1.82) is 0 Å². The monoisotopic (exact) mass is 253 g/mol. The Balaban J connectivity index is 2.43. The summed E-state index contributed by atoms with van der Waals surface area (Å²) in [5.74, 6) is -2.29. The highest BCUT2D eigenvalue weighted by Crippen LogP contribution is 2.36. The van der Waals surface area contributed by atoms with Gasteiger partial charge in [-0.2, -0.15) is 0 Å². The number of rotatable bonds is 5. The van der Waals surface area contributed by atoms with E-state index in [-0.39, 0.29) is 17.4 Å². The molecule has 0 bridgehead atoms. The molecule has 1 saturated carbocycles. The number of carboxylic acids is 1. The zero-order valence-electron chi connectivity index (χ0n) is 9.41. The number of aliphatic carboxylic acids is 1. The lowest BCUT2D eigenvalue weighted by molar-refractivity contribution is -0.147. The number of nitrogens with zero attached hydrogens (tertiary/aromatic N) is 1. The molecule has 2 N–H and O–H groups in total. The van der Waals surface area contributed by atoms with Crippen LogP contribution >= 0.6 is 0 Å². The second-order valence-electron chi connectivity index (χ2n) is 4.23. The summed E-state index contributed by atoms with van der Waals surface area (Å²) >= 11 is 0. The van der Waals surface area contributed by atoms with Crippen molar-refractivity contribution < 1.29 is 24.2 Å². The van der Waals surface area contributed by atoms with Gasteiger partial charge in [0.2, 0.25) is 6.41 Å². The predicted molar refractivity (Wildman–Crippen MR) is 59.4 cm³/mol. The lowest BCUT2D eigenvalue weighted by Gasteiger charge is -2.25. The largest absolute Gasteiger partial charge is 0.508 e. The van der Waals surface area contributed by atoms with E-state index in [2.05, 4.69) is 0 Å². The quantitative estimate of drug-likeness (QED) is 0.775. The van der Waals surface area contributed by atoms with Crippen LogP contribution in [0, 0.1) is 5.82 Å². The fourth-order valence-electron chi connectivity index (χ4n) is 1.90. The van der Waals surface area contributed by atoms with Gasteiger partial charge in [-0.3, -0.25) is 4.79 Å². The lowest BCUT2D eigenvalue weighted by atomic mass is 10.0. The number of benzene rings is 1. The van der Waals surface area contributed by atoms with Crippen molar-refractivity contribution in [2.45, 2.75) is 24.9 Å². The average molecular weight is 253 g/mol. The van der Waals surface area contributed by atoms with Gasteiger partial charge < -0.3 is 15.1 Å². The van der Waals surface area contributed by atoms with Crippen molar-refractivity contribution in [3.05, 3.63) is 29.6 Å². The molecule has 1 aliphatic rings. The smallest absolute Gasteiger partial charge is 0.331 e. The standard InChI is InChI=1S/C12H12FNO4/c13-7-1-4-10(16)9(5-7)11(12(17)18)14(6-15)8-2-3-8/h1,4-6,8,11,16H,2-3H2,(H,17,18). The van der Waals surface area contributed by atoms with E-state index in [0.717, 1.165) is 35.9 Å². The molecule has 1 aliphatic carbocycles. The van der Waals surface area contributed by atoms with E-state index >= 15 is 0 Å². The van der Waals surface area contributed by atoms with Crippen LogP contribution in [-0.2, 0) is 9.59 Å². The van der Waals surface area contributed by atoms with E-state index in [1.54, 1.807) is 0 Å². The van der Waals surface area contributed by atoms with Gasteiger partial charge in [-0.15, -0.1) is 0 Å². The Kier molecular flexibility index (Phi) is 3.18. The van der Waals surface area contributed by atoms with E-state index in [9.17, 15) is 24.2 Å². The minimum atomic E-state index is -1.36. The molecule has 0 aromatic heterocycles. The first kappa shape index (κ1) is 12.3. The molecule has 1 atom stereocenters. The first-order valence-corrected chi connectivity index (χ1v) is 5.48. The lowest BCUT2D eigenvalue weighted by Crippen LogP contribution is -2.34. The van der Waals surface area contributed by atoms with Crippen LogP contribution in [0.2, 0.25) is 0 Å². The summed E-state index contributed by atoms with van der Waals surface area (Å²) in [7, 11) is 0. The van der Waals surface area contributed by atoms with Crippen molar-refractivity contribution in [2.75, 3.05) is 0 Å². The zero-order chi connectivity index (χ0) is 13.3. The second kappa shape index (κ2) is 4.64. The summed E-state index contributed by atoms with van der Waals surface area (Å²) in [5.41, 5.74) is -0.110. The molecule has 1 aromatic carbocycles. The molecule has 6 heteroatoms. The molecule has 96 valence electrons. The summed E-state index contributed by atoms with van der Waals surface area (Å²) in [6.45, 7) is 0. The Bertz CT molecular complexity index is 487. The van der Waals surface area contributed by atoms with Crippen molar-refractivity contribution >= 4 is 12.4 Å². The fourth-order valence-corrected chi connectivity index (χ4v) is 1.90. The van der Waals surface area contributed by atoms with Crippen LogP contribution in [0.5, 0.6) is 5.75 Å². The van der Waals surface area contributed by atoms with Crippen LogP contribution in [0.4, 0.5) is 4.39 Å². The first-order valence-electron chi connectivity index (χ1n) is 5.48. The fraction of sp³-hybridized carbons (Fsp3) is 0.333. The van der Waals surface area contributed by atoms with Gasteiger partial charge >= 0.3 is 5.97 Å². The molecule has 18 heavy (non-hydrogen) atoms. The third-order valence-corrected chi connectivity index (χ3v) is 2.91. The van der Waals surface area contributed by atoms with Crippen LogP contribution in [0.1, 0.15) is 24.4 Å². The van der Waals surface area contributed by atoms with E-state index in [0.29, 0.717) is 6.41 Å². The summed E-state index contributed by atoms with van der Waals surface area (Å²) < 4.78 is 13.1. The molecule has 2 rings (SSSR count). The molecular formula is C12H12FNO4. The number of amides is 1. The molecule has 0 aliphatic heterocycles. The van der Waals surface area contributed by atoms with Gasteiger partial charge in [-0.05, 0) is 31.0 Å². The summed E-state index contributed by atoms with van der Waals surface area (Å²) in [4.78, 5) is 23.4. The number of aromatic hydroxyl groups is 1. The van der Waals surface area contributed by atoms with Crippen LogP contribution in [0.25, 0.3) is 0 Å². The van der Waals surface area contributed by atoms with Gasteiger partial charge in [-0.1, -0.05) is 0 Å². The molecule has 1 aromatic rings. The third-order valence-electron chi connectivity index (χ3n) is 2.91. The SMILES string of the molecule is O=CN(C1CC1)C(C(=O)O)c1cc(F)ccc1O. The first-order chi connectivity index (χ1) is 8.54. The summed E-state index contributed by atoms with van der Waals surface area (Å²) in [5, 5.41) is 18.8. The normalized spacial score (nSPS) is 16.1. The molecule has 1 fully saturated rings. The predicted octanol–water partition coefficient (Wildman–Crippen LogP) is 1.28. The van der Waals surface area contributed by atoms with Gasteiger partial charge in [0.05, 0.1) is 0 Å². The highest BCUT2D eigenvalue weighted by atomic mass is 19.1. The van der Waals surface area contributed by atoms with E-state index in [4.69, 9.17) is 0 Å². The topological polar surface area (TPSA) is 77.8 Å². The number of hydrogen-bond donors (Lipinski definition) is 2. The Morgan fingerprint density at radius 1 is 1.50 bits per heavy atom. The van der Waals surface area contributed by atoms with Crippen LogP contribution in [0.3, 0.4) is 0 Å². The van der Waals surface area contributed by atoms with E-state index in [1.165, 1.54) is 0 Å². The Hall–Kier alpha value is -2.11. The number of phenols is 1. The van der Waals surface area contributed by atoms with Crippen LogP contribution in [-0.4, -0.2) is 33.5 Å². The van der Waals surface area contributed by atoms with Gasteiger partial charge in [0.25, 0.3) is 0 Å². The number of carboxylic acid groups (broad SMARTS) is 1. The Labute approximate surface area is 102 Å². The van der Waals surface area contributed by atoms with Crippen LogP contribution < -0.4 is 0 Å². The number of phenolic OH excluding ortho intramolecular Hbond substituents is 1. The molecule has 1 unspecified atom stereocenters. The average Bonchev–Trinajstić information content (AvgIpc) is 3.13. The highest BCUT2D eigenvalue weighted by Gasteiger charge is 2.38. The molecule has 0 saturated heterocycles. The van der Waals surface area contributed by atoms with Gasteiger partial charge in [0.1, 0.15) is 11.6 Å². The number of carbonyl (C=O) groups excluding carboxylic acids is 1. The van der Waals surface area contributed by atoms with Gasteiger partial charge in [0.15, 0.2) is 6.04 Å². The molecule has 1 amide bonds. The Morgan fingerprint density at radius 2 is 2.17 bits per heavy atom. The van der Waals surface area contributed by atoms with Crippen molar-refractivity contribution in [1.82, 2.24) is 4.90 Å².